The molecule has 1 amide bonds. The van der Waals surface area contributed by atoms with E-state index in [9.17, 15) is 13.2 Å². The van der Waals surface area contributed by atoms with Crippen LogP contribution in [0.5, 0.6) is 0 Å². The van der Waals surface area contributed by atoms with Gasteiger partial charge >= 0.3 is 0 Å². The molecule has 2 aliphatic rings. The van der Waals surface area contributed by atoms with E-state index < -0.39 is 9.84 Å². The molecule has 1 saturated heterocycles. The lowest BCUT2D eigenvalue weighted by atomic mass is 10.2. The minimum Gasteiger partial charge on any atom is -0.338 e. The molecule has 0 bridgehead atoms. The second-order valence-corrected chi connectivity index (χ2v) is 8.21. The summed E-state index contributed by atoms with van der Waals surface area (Å²) in [6, 6.07) is -0.158. The van der Waals surface area contributed by atoms with Gasteiger partial charge in [0.25, 0.3) is 0 Å². The van der Waals surface area contributed by atoms with Crippen LogP contribution in [-0.4, -0.2) is 70.9 Å². The van der Waals surface area contributed by atoms with E-state index in [1.54, 1.807) is 11.1 Å². The number of sulfone groups is 1. The van der Waals surface area contributed by atoms with E-state index in [0.717, 1.165) is 18.9 Å². The Balaban J connectivity index is 1.61. The Bertz CT molecular complexity index is 655. The zero-order chi connectivity index (χ0) is 15.7. The van der Waals surface area contributed by atoms with Crippen LogP contribution in [0.15, 0.2) is 12.4 Å². The Morgan fingerprint density at radius 3 is 2.95 bits per heavy atom. The summed E-state index contributed by atoms with van der Waals surface area (Å²) in [5, 5.41) is 0. The fourth-order valence-corrected chi connectivity index (χ4v) is 5.03. The van der Waals surface area contributed by atoms with Gasteiger partial charge in [0.05, 0.1) is 24.6 Å². The van der Waals surface area contributed by atoms with Crippen molar-refractivity contribution in [3.63, 3.8) is 0 Å². The number of hydrogen-bond donors (Lipinski definition) is 0. The van der Waals surface area contributed by atoms with E-state index in [2.05, 4.69) is 14.5 Å². The van der Waals surface area contributed by atoms with Gasteiger partial charge in [0.1, 0.15) is 5.82 Å². The lowest BCUT2D eigenvalue weighted by Gasteiger charge is -2.32. The van der Waals surface area contributed by atoms with Crippen LogP contribution in [0.2, 0.25) is 0 Å². The smallest absolute Gasteiger partial charge is 0.237 e. The number of imidazole rings is 1. The highest BCUT2D eigenvalue weighted by Crippen LogP contribution is 2.18. The number of carbonyl (C=O) groups excluding carboxylic acids is 1. The fraction of sp³-hybridized carbons (Fsp3) is 0.714. The standard InChI is InChI=1S/C14H22N4O3S/c1-2-18(12-3-8-22(20,21)11-12)14(19)10-16-6-7-17-5-4-15-13(17)9-16/h4-5,12H,2-3,6-11H2,1H3. The van der Waals surface area contributed by atoms with Crippen molar-refractivity contribution in [3.05, 3.63) is 18.2 Å². The predicted octanol–water partition coefficient (Wildman–Crippen LogP) is -0.266. The van der Waals surface area contributed by atoms with E-state index in [0.29, 0.717) is 26.1 Å². The average molecular weight is 326 g/mol. The van der Waals surface area contributed by atoms with Crippen LogP contribution in [0.1, 0.15) is 19.2 Å². The average Bonchev–Trinajstić information content (AvgIpc) is 3.05. The molecule has 3 rings (SSSR count). The molecule has 3 heterocycles. The zero-order valence-electron chi connectivity index (χ0n) is 12.8. The zero-order valence-corrected chi connectivity index (χ0v) is 13.6. The summed E-state index contributed by atoms with van der Waals surface area (Å²) in [6.07, 6.45) is 4.30. The number of rotatable bonds is 4. The molecule has 0 spiro atoms. The van der Waals surface area contributed by atoms with Gasteiger partial charge in [-0.1, -0.05) is 0 Å². The van der Waals surface area contributed by atoms with Crippen molar-refractivity contribution in [3.8, 4) is 0 Å². The topological polar surface area (TPSA) is 75.5 Å². The maximum absolute atomic E-state index is 12.6. The van der Waals surface area contributed by atoms with Crippen LogP contribution in [0, 0.1) is 0 Å². The summed E-state index contributed by atoms with van der Waals surface area (Å²) in [5.41, 5.74) is 0. The van der Waals surface area contributed by atoms with Crippen molar-refractivity contribution >= 4 is 15.7 Å². The summed E-state index contributed by atoms with van der Waals surface area (Å²) < 4.78 is 25.3. The SMILES string of the molecule is CCN(C(=O)CN1CCn2ccnc2C1)C1CCS(=O)(=O)C1. The van der Waals surface area contributed by atoms with Crippen LogP contribution >= 0.6 is 0 Å². The minimum atomic E-state index is -2.97. The number of nitrogens with zero attached hydrogens (tertiary/aromatic N) is 4. The summed E-state index contributed by atoms with van der Waals surface area (Å²) in [6.45, 7) is 5.12. The Hall–Kier alpha value is -1.41. The molecule has 1 fully saturated rings. The monoisotopic (exact) mass is 326 g/mol. The molecule has 1 unspecified atom stereocenters. The molecule has 2 aliphatic heterocycles. The predicted molar refractivity (Wildman–Crippen MR) is 81.9 cm³/mol. The molecule has 7 nitrogen and oxygen atoms in total. The molecule has 1 aromatic rings. The second-order valence-electron chi connectivity index (χ2n) is 5.98. The molecule has 0 saturated carbocycles. The lowest BCUT2D eigenvalue weighted by Crippen LogP contribution is -2.47. The fourth-order valence-electron chi connectivity index (χ4n) is 3.30. The second kappa shape index (κ2) is 6.00. The number of fused-ring (bicyclic) bond motifs is 1. The van der Waals surface area contributed by atoms with Gasteiger partial charge in [-0.25, -0.2) is 13.4 Å². The number of amides is 1. The van der Waals surface area contributed by atoms with Crippen LogP contribution in [0.3, 0.4) is 0 Å². The summed E-state index contributed by atoms with van der Waals surface area (Å²) in [7, 11) is -2.97. The van der Waals surface area contributed by atoms with E-state index in [1.807, 2.05) is 13.1 Å². The highest BCUT2D eigenvalue weighted by atomic mass is 32.2. The van der Waals surface area contributed by atoms with E-state index in [4.69, 9.17) is 0 Å². The number of carbonyl (C=O) groups is 1. The molecular weight excluding hydrogens is 304 g/mol. The molecule has 8 heteroatoms. The highest BCUT2D eigenvalue weighted by Gasteiger charge is 2.34. The quantitative estimate of drug-likeness (QED) is 0.762. The normalized spacial score (nSPS) is 24.1. The summed E-state index contributed by atoms with van der Waals surface area (Å²) >= 11 is 0. The van der Waals surface area contributed by atoms with Gasteiger partial charge in [0, 0.05) is 38.1 Å². The number of likely N-dealkylation sites (N-methyl/N-ethyl adjacent to an activating group) is 1. The number of hydrogen-bond acceptors (Lipinski definition) is 5. The molecule has 0 aliphatic carbocycles. The van der Waals surface area contributed by atoms with Gasteiger partial charge in [-0.05, 0) is 13.3 Å². The first-order chi connectivity index (χ1) is 10.5. The van der Waals surface area contributed by atoms with Gasteiger partial charge in [-0.3, -0.25) is 9.69 Å². The first kappa shape index (κ1) is 15.5. The third-order valence-corrected chi connectivity index (χ3v) is 6.24. The Kier molecular flexibility index (Phi) is 4.22. The van der Waals surface area contributed by atoms with Crippen LogP contribution in [0.25, 0.3) is 0 Å². The van der Waals surface area contributed by atoms with Gasteiger partial charge < -0.3 is 9.47 Å². The molecule has 0 radical (unpaired) electrons. The van der Waals surface area contributed by atoms with Crippen molar-refractivity contribution in [2.45, 2.75) is 32.5 Å². The van der Waals surface area contributed by atoms with Crippen LogP contribution in [0.4, 0.5) is 0 Å². The first-order valence-corrected chi connectivity index (χ1v) is 9.53. The van der Waals surface area contributed by atoms with Crippen LogP contribution < -0.4 is 0 Å². The van der Waals surface area contributed by atoms with Crippen molar-refractivity contribution in [2.75, 3.05) is 31.1 Å². The summed E-state index contributed by atoms with van der Waals surface area (Å²) in [4.78, 5) is 20.7. The van der Waals surface area contributed by atoms with Crippen molar-refractivity contribution in [2.24, 2.45) is 0 Å². The summed E-state index contributed by atoms with van der Waals surface area (Å²) in [5.74, 6) is 1.30. The van der Waals surface area contributed by atoms with Crippen molar-refractivity contribution in [1.82, 2.24) is 19.4 Å². The van der Waals surface area contributed by atoms with Gasteiger partial charge in [0.15, 0.2) is 9.84 Å². The molecule has 22 heavy (non-hydrogen) atoms. The molecule has 122 valence electrons. The first-order valence-electron chi connectivity index (χ1n) is 7.71. The molecule has 0 N–H and O–H groups in total. The highest BCUT2D eigenvalue weighted by molar-refractivity contribution is 7.91. The van der Waals surface area contributed by atoms with Crippen molar-refractivity contribution < 1.29 is 13.2 Å². The third kappa shape index (κ3) is 3.17. The van der Waals surface area contributed by atoms with Gasteiger partial charge in [-0.15, -0.1) is 0 Å². The minimum absolute atomic E-state index is 0.0182. The maximum atomic E-state index is 12.6. The largest absolute Gasteiger partial charge is 0.338 e. The van der Waals surface area contributed by atoms with E-state index in [-0.39, 0.29) is 23.5 Å². The molecule has 1 aromatic heterocycles. The molecule has 1 atom stereocenters. The molecular formula is C14H22N4O3S. The van der Waals surface area contributed by atoms with E-state index >= 15 is 0 Å². The lowest BCUT2D eigenvalue weighted by molar-refractivity contribution is -0.134. The number of aromatic nitrogens is 2. The maximum Gasteiger partial charge on any atom is 0.237 e. The van der Waals surface area contributed by atoms with E-state index in [1.165, 1.54) is 0 Å². The van der Waals surface area contributed by atoms with Crippen molar-refractivity contribution in [1.29, 1.82) is 0 Å². The Morgan fingerprint density at radius 1 is 1.45 bits per heavy atom. The third-order valence-electron chi connectivity index (χ3n) is 4.49. The molecule has 0 aromatic carbocycles. The Labute approximate surface area is 130 Å². The Morgan fingerprint density at radius 2 is 2.27 bits per heavy atom. The van der Waals surface area contributed by atoms with Gasteiger partial charge in [-0.2, -0.15) is 0 Å². The van der Waals surface area contributed by atoms with Crippen LogP contribution in [-0.2, 0) is 27.7 Å². The van der Waals surface area contributed by atoms with Gasteiger partial charge in [0.2, 0.25) is 5.91 Å².